The molecule has 0 saturated heterocycles. The van der Waals surface area contributed by atoms with Crippen LogP contribution in [0.25, 0.3) is 0 Å². The second-order valence-corrected chi connectivity index (χ2v) is 4.92. The van der Waals surface area contributed by atoms with Gasteiger partial charge in [0.15, 0.2) is 0 Å². The van der Waals surface area contributed by atoms with Gasteiger partial charge in [0.25, 0.3) is 0 Å². The Morgan fingerprint density at radius 1 is 1.29 bits per heavy atom. The minimum absolute atomic E-state index is 0.443. The van der Waals surface area contributed by atoms with Crippen molar-refractivity contribution in [2.24, 2.45) is 0 Å². The first-order valence-corrected chi connectivity index (χ1v) is 6.76. The molecule has 0 heterocycles. The molecule has 1 fully saturated rings. The highest BCUT2D eigenvalue weighted by Crippen LogP contribution is 2.27. The summed E-state index contributed by atoms with van der Waals surface area (Å²) in [4.78, 5) is 0. The SMILES string of the molecule is CCNCc1cc(C)ccc1OC1CCCC1. The molecule has 17 heavy (non-hydrogen) atoms. The van der Waals surface area contributed by atoms with Crippen LogP contribution in [0.15, 0.2) is 18.2 Å². The van der Waals surface area contributed by atoms with Gasteiger partial charge in [-0.05, 0) is 45.2 Å². The predicted octanol–water partition coefficient (Wildman–Crippen LogP) is 3.43. The smallest absolute Gasteiger partial charge is 0.124 e. The van der Waals surface area contributed by atoms with Crippen molar-refractivity contribution in [3.05, 3.63) is 29.3 Å². The van der Waals surface area contributed by atoms with Crippen molar-refractivity contribution >= 4 is 0 Å². The van der Waals surface area contributed by atoms with E-state index in [4.69, 9.17) is 4.74 Å². The van der Waals surface area contributed by atoms with Gasteiger partial charge < -0.3 is 10.1 Å². The first-order valence-electron chi connectivity index (χ1n) is 6.76. The number of benzene rings is 1. The van der Waals surface area contributed by atoms with Gasteiger partial charge in [0.05, 0.1) is 6.10 Å². The van der Waals surface area contributed by atoms with Crippen molar-refractivity contribution in [2.45, 2.75) is 52.2 Å². The van der Waals surface area contributed by atoms with E-state index in [1.165, 1.54) is 36.8 Å². The Morgan fingerprint density at radius 3 is 2.76 bits per heavy atom. The Hall–Kier alpha value is -1.02. The van der Waals surface area contributed by atoms with Crippen LogP contribution in [-0.2, 0) is 6.54 Å². The van der Waals surface area contributed by atoms with Crippen molar-refractivity contribution in [1.82, 2.24) is 5.32 Å². The fourth-order valence-corrected chi connectivity index (χ4v) is 2.41. The van der Waals surface area contributed by atoms with Crippen LogP contribution in [0.5, 0.6) is 5.75 Å². The number of rotatable bonds is 5. The van der Waals surface area contributed by atoms with Gasteiger partial charge in [0, 0.05) is 12.1 Å². The Kier molecular flexibility index (Phi) is 4.43. The zero-order valence-corrected chi connectivity index (χ0v) is 11.0. The maximum absolute atomic E-state index is 6.12. The molecule has 1 aromatic rings. The van der Waals surface area contributed by atoms with Gasteiger partial charge >= 0.3 is 0 Å². The normalized spacial score (nSPS) is 16.4. The molecule has 2 nitrogen and oxygen atoms in total. The van der Waals surface area contributed by atoms with E-state index in [0.29, 0.717) is 6.10 Å². The quantitative estimate of drug-likeness (QED) is 0.841. The Balaban J connectivity index is 2.07. The van der Waals surface area contributed by atoms with Crippen LogP contribution in [0.3, 0.4) is 0 Å². The second-order valence-electron chi connectivity index (χ2n) is 4.92. The van der Waals surface area contributed by atoms with Crippen LogP contribution >= 0.6 is 0 Å². The fraction of sp³-hybridized carbons (Fsp3) is 0.600. The maximum atomic E-state index is 6.12. The van der Waals surface area contributed by atoms with Crippen LogP contribution in [0, 0.1) is 6.92 Å². The van der Waals surface area contributed by atoms with Gasteiger partial charge in [-0.3, -0.25) is 0 Å². The van der Waals surface area contributed by atoms with Crippen molar-refractivity contribution < 1.29 is 4.74 Å². The summed E-state index contributed by atoms with van der Waals surface area (Å²) >= 11 is 0. The number of ether oxygens (including phenoxy) is 1. The molecule has 0 unspecified atom stereocenters. The van der Waals surface area contributed by atoms with Gasteiger partial charge in [-0.15, -0.1) is 0 Å². The molecule has 0 amide bonds. The largest absolute Gasteiger partial charge is 0.490 e. The third-order valence-electron chi connectivity index (χ3n) is 3.38. The molecule has 0 radical (unpaired) electrons. The minimum atomic E-state index is 0.443. The van der Waals surface area contributed by atoms with E-state index in [1.54, 1.807) is 0 Å². The second kappa shape index (κ2) is 6.06. The summed E-state index contributed by atoms with van der Waals surface area (Å²) in [5, 5.41) is 3.38. The number of hydrogen-bond acceptors (Lipinski definition) is 2. The molecular weight excluding hydrogens is 210 g/mol. The topological polar surface area (TPSA) is 21.3 Å². The van der Waals surface area contributed by atoms with Crippen molar-refractivity contribution in [3.63, 3.8) is 0 Å². The minimum Gasteiger partial charge on any atom is -0.490 e. The van der Waals surface area contributed by atoms with Gasteiger partial charge in [-0.2, -0.15) is 0 Å². The average molecular weight is 233 g/mol. The molecule has 2 rings (SSSR count). The average Bonchev–Trinajstić information content (AvgIpc) is 2.82. The maximum Gasteiger partial charge on any atom is 0.124 e. The van der Waals surface area contributed by atoms with Crippen LogP contribution in [0.4, 0.5) is 0 Å². The molecule has 1 N–H and O–H groups in total. The van der Waals surface area contributed by atoms with E-state index in [9.17, 15) is 0 Å². The van der Waals surface area contributed by atoms with Crippen LogP contribution < -0.4 is 10.1 Å². The summed E-state index contributed by atoms with van der Waals surface area (Å²) in [7, 11) is 0. The third kappa shape index (κ3) is 3.47. The molecule has 94 valence electrons. The monoisotopic (exact) mass is 233 g/mol. The zero-order chi connectivity index (χ0) is 12.1. The van der Waals surface area contributed by atoms with E-state index < -0.39 is 0 Å². The molecule has 1 aromatic carbocycles. The van der Waals surface area contributed by atoms with E-state index >= 15 is 0 Å². The molecular formula is C15H23NO. The van der Waals surface area contributed by atoms with Crippen molar-refractivity contribution in [1.29, 1.82) is 0 Å². The predicted molar refractivity (Wildman–Crippen MR) is 71.4 cm³/mol. The highest BCUT2D eigenvalue weighted by molar-refractivity contribution is 5.37. The van der Waals surface area contributed by atoms with E-state index in [2.05, 4.69) is 37.4 Å². The first-order chi connectivity index (χ1) is 8.29. The molecule has 0 aromatic heterocycles. The standard InChI is InChI=1S/C15H23NO/c1-3-16-11-13-10-12(2)8-9-15(13)17-14-6-4-5-7-14/h8-10,14,16H,3-7,11H2,1-2H3. The van der Waals surface area contributed by atoms with Crippen LogP contribution in [0.2, 0.25) is 0 Å². The fourth-order valence-electron chi connectivity index (χ4n) is 2.41. The zero-order valence-electron chi connectivity index (χ0n) is 11.0. The summed E-state index contributed by atoms with van der Waals surface area (Å²) < 4.78 is 6.12. The Bertz CT molecular complexity index is 356. The lowest BCUT2D eigenvalue weighted by Gasteiger charge is -2.17. The molecule has 2 heteroatoms. The van der Waals surface area contributed by atoms with Crippen LogP contribution in [0.1, 0.15) is 43.7 Å². The Labute approximate surface area is 104 Å². The van der Waals surface area contributed by atoms with E-state index in [0.717, 1.165) is 18.8 Å². The first kappa shape index (κ1) is 12.4. The number of aryl methyl sites for hydroxylation is 1. The van der Waals surface area contributed by atoms with Gasteiger partial charge in [0.2, 0.25) is 0 Å². The molecule has 0 spiro atoms. The summed E-state index contributed by atoms with van der Waals surface area (Å²) in [6.07, 6.45) is 5.51. The lowest BCUT2D eigenvalue weighted by molar-refractivity contribution is 0.207. The summed E-state index contributed by atoms with van der Waals surface area (Å²) in [6, 6.07) is 6.49. The van der Waals surface area contributed by atoms with Crippen LogP contribution in [-0.4, -0.2) is 12.6 Å². The summed E-state index contributed by atoms with van der Waals surface area (Å²) in [6.45, 7) is 6.17. The van der Waals surface area contributed by atoms with Gasteiger partial charge in [-0.25, -0.2) is 0 Å². The molecule has 1 aliphatic rings. The van der Waals surface area contributed by atoms with E-state index in [1.807, 2.05) is 0 Å². The third-order valence-corrected chi connectivity index (χ3v) is 3.38. The molecule has 1 aliphatic carbocycles. The molecule has 0 atom stereocenters. The lowest BCUT2D eigenvalue weighted by atomic mass is 10.1. The summed E-state index contributed by atoms with van der Waals surface area (Å²) in [5.41, 5.74) is 2.59. The molecule has 0 bridgehead atoms. The highest BCUT2D eigenvalue weighted by Gasteiger charge is 2.17. The van der Waals surface area contributed by atoms with Crippen molar-refractivity contribution in [3.8, 4) is 5.75 Å². The molecule has 0 aliphatic heterocycles. The van der Waals surface area contributed by atoms with Crippen molar-refractivity contribution in [2.75, 3.05) is 6.54 Å². The number of hydrogen-bond donors (Lipinski definition) is 1. The van der Waals surface area contributed by atoms with E-state index in [-0.39, 0.29) is 0 Å². The summed E-state index contributed by atoms with van der Waals surface area (Å²) in [5.74, 6) is 1.07. The highest BCUT2D eigenvalue weighted by atomic mass is 16.5. The van der Waals surface area contributed by atoms with Gasteiger partial charge in [-0.1, -0.05) is 24.6 Å². The Morgan fingerprint density at radius 2 is 2.06 bits per heavy atom. The van der Waals surface area contributed by atoms with Gasteiger partial charge in [0.1, 0.15) is 5.75 Å². The lowest BCUT2D eigenvalue weighted by Crippen LogP contribution is -2.16. The number of nitrogens with one attached hydrogen (secondary N) is 1. The molecule has 1 saturated carbocycles.